The van der Waals surface area contributed by atoms with E-state index in [2.05, 4.69) is 92.7 Å². The highest BCUT2D eigenvalue weighted by atomic mass is 79.9. The molecular formula is C36H43BrN3O8PS. The number of unbranched alkanes of at least 4 members (excludes halogenated alkanes) is 1. The number of amides is 2. The first-order chi connectivity index (χ1) is 23.7. The lowest BCUT2D eigenvalue weighted by Gasteiger charge is -2.27. The number of esters is 2. The van der Waals surface area contributed by atoms with Gasteiger partial charge < -0.3 is 37.1 Å². The Hall–Kier alpha value is -3.93. The Balaban J connectivity index is 0.00000867. The van der Waals surface area contributed by atoms with Gasteiger partial charge in [0.25, 0.3) is 0 Å². The van der Waals surface area contributed by atoms with Gasteiger partial charge in [-0.15, -0.1) is 4.91 Å². The zero-order valence-corrected chi connectivity index (χ0v) is 31.4. The van der Waals surface area contributed by atoms with Gasteiger partial charge in [0.15, 0.2) is 5.78 Å². The molecule has 14 heteroatoms. The van der Waals surface area contributed by atoms with Gasteiger partial charge in [0.2, 0.25) is 11.8 Å². The largest absolute Gasteiger partial charge is 1.00 e. The molecule has 0 spiro atoms. The molecule has 0 saturated carbocycles. The third-order valence-electron chi connectivity index (χ3n) is 8.04. The Bertz CT molecular complexity index is 1440. The molecule has 0 heterocycles. The molecule has 3 aromatic rings. The van der Waals surface area contributed by atoms with E-state index in [0.29, 0.717) is 18.4 Å². The number of methoxy groups -OCH3 is 2. The maximum Gasteiger partial charge on any atom is 0.328 e. The van der Waals surface area contributed by atoms with Gasteiger partial charge in [0.05, 0.1) is 32.8 Å². The van der Waals surface area contributed by atoms with E-state index in [4.69, 9.17) is 4.74 Å². The molecular weight excluding hydrogens is 745 g/mol. The van der Waals surface area contributed by atoms with Crippen molar-refractivity contribution >= 4 is 64.7 Å². The summed E-state index contributed by atoms with van der Waals surface area (Å²) in [6.45, 7) is 0. The molecule has 11 nitrogen and oxygen atoms in total. The van der Waals surface area contributed by atoms with Crippen molar-refractivity contribution in [3.8, 4) is 0 Å². The van der Waals surface area contributed by atoms with Gasteiger partial charge in [-0.25, -0.2) is 4.79 Å². The second kappa shape index (κ2) is 22.7. The minimum absolute atomic E-state index is 0. The molecule has 3 rings (SSSR count). The second-order valence-electron chi connectivity index (χ2n) is 11.2. The van der Waals surface area contributed by atoms with Crippen LogP contribution in [0.4, 0.5) is 0 Å². The van der Waals surface area contributed by atoms with Crippen LogP contribution >= 0.6 is 19.2 Å². The third-order valence-corrected chi connectivity index (χ3v) is 13.2. The summed E-state index contributed by atoms with van der Waals surface area (Å²) >= 11 is 0.563. The van der Waals surface area contributed by atoms with Crippen molar-refractivity contribution in [2.75, 3.05) is 26.1 Å². The van der Waals surface area contributed by atoms with Crippen molar-refractivity contribution < 1.29 is 50.4 Å². The molecule has 0 aliphatic carbocycles. The number of benzene rings is 3. The number of nitroso groups, excluding NO2 is 1. The first-order valence-electron chi connectivity index (χ1n) is 16.0. The Morgan fingerprint density at radius 3 is 1.66 bits per heavy atom. The van der Waals surface area contributed by atoms with E-state index in [-0.39, 0.29) is 60.7 Å². The number of ketones is 1. The molecule has 0 saturated heterocycles. The highest BCUT2D eigenvalue weighted by molar-refractivity contribution is 7.98. The lowest BCUT2D eigenvalue weighted by atomic mass is 10.1. The predicted octanol–water partition coefficient (Wildman–Crippen LogP) is 1.01. The smallest absolute Gasteiger partial charge is 0.328 e. The summed E-state index contributed by atoms with van der Waals surface area (Å²) in [7, 11) is 0.352. The van der Waals surface area contributed by atoms with Crippen molar-refractivity contribution in [1.29, 1.82) is 0 Å². The molecule has 2 amide bonds. The number of hydrogen-bond donors (Lipinski definition) is 2. The van der Waals surface area contributed by atoms with Crippen LogP contribution < -0.4 is 43.5 Å². The minimum Gasteiger partial charge on any atom is -1.00 e. The van der Waals surface area contributed by atoms with Crippen LogP contribution in [0.5, 0.6) is 0 Å². The molecule has 0 radical (unpaired) electrons. The van der Waals surface area contributed by atoms with E-state index in [9.17, 15) is 28.9 Å². The number of ether oxygens (including phenoxy) is 2. The van der Waals surface area contributed by atoms with Gasteiger partial charge in [-0.3, -0.25) is 19.2 Å². The summed E-state index contributed by atoms with van der Waals surface area (Å²) < 4.78 is 12.1. The van der Waals surface area contributed by atoms with Gasteiger partial charge >= 0.3 is 11.9 Å². The molecule has 3 aromatic carbocycles. The van der Waals surface area contributed by atoms with Crippen LogP contribution in [0.15, 0.2) is 95.6 Å². The van der Waals surface area contributed by atoms with Crippen LogP contribution in [-0.2, 0) is 33.4 Å². The van der Waals surface area contributed by atoms with Crippen LogP contribution in [-0.4, -0.2) is 67.8 Å². The van der Waals surface area contributed by atoms with E-state index < -0.39 is 43.0 Å². The molecule has 0 fully saturated rings. The van der Waals surface area contributed by atoms with Crippen molar-refractivity contribution in [2.24, 2.45) is 4.58 Å². The van der Waals surface area contributed by atoms with E-state index in [1.165, 1.54) is 30.1 Å². The zero-order valence-electron chi connectivity index (χ0n) is 28.1. The fourth-order valence-electron chi connectivity index (χ4n) is 5.54. The lowest BCUT2D eigenvalue weighted by molar-refractivity contribution is -0.145. The molecule has 268 valence electrons. The van der Waals surface area contributed by atoms with Crippen LogP contribution in [0, 0.1) is 4.91 Å². The molecule has 2 N–H and O–H groups in total. The zero-order chi connectivity index (χ0) is 35.5. The second-order valence-corrected chi connectivity index (χ2v) is 15.6. The Morgan fingerprint density at radius 2 is 1.18 bits per heavy atom. The number of Topliss-reactive ketones (excluding diaryl/α,β-unsaturated/α-hetero) is 1. The summed E-state index contributed by atoms with van der Waals surface area (Å²) in [5, 5.41) is 9.01. The first kappa shape index (κ1) is 42.2. The molecule has 2 unspecified atom stereocenters. The summed E-state index contributed by atoms with van der Waals surface area (Å²) in [5.41, 5.74) is 0. The van der Waals surface area contributed by atoms with Crippen LogP contribution in [0.3, 0.4) is 0 Å². The molecule has 0 aromatic heterocycles. The standard InChI is InChI=1S/C36H42N3O8PS.BrH/c1-46-35(43)24-22-32(40)31(26-49-39-45)38-34(42)23-21-30(36(44)47-2)37-33(41)20-12-13-25-48(27-14-6-3-7-15-27,28-16-8-4-9-17-28)29-18-10-5-11-19-29;/h3-11,14-19,30-31H,12-13,20-26H2,1-2H3,(H-,37,38,41,42);1H. The summed E-state index contributed by atoms with van der Waals surface area (Å²) in [6, 6.07) is 29.3. The number of nitrogens with one attached hydrogen (secondary N) is 2. The lowest BCUT2D eigenvalue weighted by Crippen LogP contribution is -3.00. The highest BCUT2D eigenvalue weighted by Crippen LogP contribution is 2.55. The number of carbonyl (C=O) groups excluding carboxylic acids is 5. The minimum atomic E-state index is -2.04. The van der Waals surface area contributed by atoms with E-state index in [1.54, 1.807) is 0 Å². The Labute approximate surface area is 308 Å². The topological polar surface area (TPSA) is 157 Å². The van der Waals surface area contributed by atoms with E-state index in [1.807, 2.05) is 18.2 Å². The van der Waals surface area contributed by atoms with Gasteiger partial charge in [-0.05, 0) is 55.7 Å². The molecule has 0 aliphatic rings. The number of carbonyl (C=O) groups is 5. The van der Waals surface area contributed by atoms with Crippen LogP contribution in [0.1, 0.15) is 44.9 Å². The molecule has 50 heavy (non-hydrogen) atoms. The Morgan fingerprint density at radius 1 is 0.680 bits per heavy atom. The average Bonchev–Trinajstić information content (AvgIpc) is 3.14. The van der Waals surface area contributed by atoms with E-state index in [0.717, 1.165) is 12.6 Å². The quantitative estimate of drug-likeness (QED) is 0.0529. The first-order valence-corrected chi connectivity index (χ1v) is 18.9. The fourth-order valence-corrected chi connectivity index (χ4v) is 10.4. The number of nitrogens with zero attached hydrogens (tertiary/aromatic N) is 1. The van der Waals surface area contributed by atoms with Gasteiger partial charge in [0, 0.05) is 41.5 Å². The van der Waals surface area contributed by atoms with Crippen molar-refractivity contribution in [2.45, 2.75) is 57.0 Å². The summed E-state index contributed by atoms with van der Waals surface area (Å²) in [4.78, 5) is 72.9. The Kier molecular flexibility index (Phi) is 19.2. The van der Waals surface area contributed by atoms with Crippen LogP contribution in [0.2, 0.25) is 0 Å². The monoisotopic (exact) mass is 787 g/mol. The third kappa shape index (κ3) is 12.8. The number of rotatable bonds is 21. The van der Waals surface area contributed by atoms with Crippen molar-refractivity contribution in [3.05, 3.63) is 95.9 Å². The van der Waals surface area contributed by atoms with Crippen molar-refractivity contribution in [3.63, 3.8) is 0 Å². The predicted molar refractivity (Wildman–Crippen MR) is 193 cm³/mol. The van der Waals surface area contributed by atoms with Crippen LogP contribution in [0.25, 0.3) is 0 Å². The van der Waals surface area contributed by atoms with Gasteiger partial charge in [-0.1, -0.05) is 54.6 Å². The maximum atomic E-state index is 13.1. The maximum absolute atomic E-state index is 13.1. The number of halogens is 1. The normalized spacial score (nSPS) is 12.0. The molecule has 2 atom stereocenters. The molecule has 0 aliphatic heterocycles. The van der Waals surface area contributed by atoms with Gasteiger partial charge in [-0.2, -0.15) is 0 Å². The fraction of sp³-hybridized carbons (Fsp3) is 0.361. The SMILES string of the molecule is COC(=O)CCC(=O)C(CSN=O)NC(=O)CCC(NC(=O)CCCC[P+](c1ccccc1)(c1ccccc1)c1ccccc1)C(=O)OC.[Br-]. The van der Waals surface area contributed by atoms with Gasteiger partial charge in [0.1, 0.15) is 29.2 Å². The van der Waals surface area contributed by atoms with Crippen molar-refractivity contribution in [1.82, 2.24) is 10.6 Å². The summed E-state index contributed by atoms with van der Waals surface area (Å²) in [5.74, 6) is -2.78. The highest BCUT2D eigenvalue weighted by Gasteiger charge is 2.44. The van der Waals surface area contributed by atoms with E-state index >= 15 is 0 Å². The average molecular weight is 789 g/mol. The summed E-state index contributed by atoms with van der Waals surface area (Å²) in [6.07, 6.45) is 1.70. The molecule has 0 bridgehead atoms. The number of hydrogen-bond acceptors (Lipinski definition) is 10.